The second-order valence-electron chi connectivity index (χ2n) is 3.24. The van der Waals surface area contributed by atoms with Gasteiger partial charge >= 0.3 is 0 Å². The lowest BCUT2D eigenvalue weighted by molar-refractivity contribution is 0.877. The highest BCUT2D eigenvalue weighted by atomic mass is 127. The van der Waals surface area contributed by atoms with Crippen molar-refractivity contribution in [3.05, 3.63) is 43.8 Å². The molecule has 2 rings (SSSR count). The molecule has 1 aliphatic rings. The fraction of sp³-hybridized carbons (Fsp3) is 0.300. The molecule has 0 heterocycles. The normalized spacial score (nSPS) is 17.9. The lowest BCUT2D eigenvalue weighted by Gasteiger charge is -2.06. The molecule has 0 radical (unpaired) electrons. The average Bonchev–Trinajstić information content (AvgIpc) is 2.90. The standard InChI is InChI=1S/C10H7ClIN/c1-13-10(5-6-10)7-3-2-4-8(11)9(7)12/h2-4H,5-6H2. The Labute approximate surface area is 96.1 Å². The third-order valence-corrected chi connectivity index (χ3v) is 4.19. The Kier molecular flexibility index (Phi) is 2.25. The summed E-state index contributed by atoms with van der Waals surface area (Å²) in [6, 6.07) is 5.80. The fourth-order valence-corrected chi connectivity index (χ4v) is 2.46. The van der Waals surface area contributed by atoms with Crippen LogP contribution in [0.25, 0.3) is 4.85 Å². The van der Waals surface area contributed by atoms with Gasteiger partial charge in [0.2, 0.25) is 0 Å². The monoisotopic (exact) mass is 303 g/mol. The molecule has 1 aliphatic carbocycles. The molecule has 0 spiro atoms. The van der Waals surface area contributed by atoms with E-state index in [2.05, 4.69) is 27.4 Å². The zero-order valence-corrected chi connectivity index (χ0v) is 9.76. The Balaban J connectivity index is 2.54. The predicted molar refractivity (Wildman–Crippen MR) is 61.7 cm³/mol. The van der Waals surface area contributed by atoms with Gasteiger partial charge < -0.3 is 4.85 Å². The van der Waals surface area contributed by atoms with E-state index < -0.39 is 0 Å². The molecule has 13 heavy (non-hydrogen) atoms. The van der Waals surface area contributed by atoms with Gasteiger partial charge in [-0.25, -0.2) is 6.57 Å². The van der Waals surface area contributed by atoms with Crippen LogP contribution >= 0.6 is 34.2 Å². The van der Waals surface area contributed by atoms with Crippen molar-refractivity contribution in [2.24, 2.45) is 0 Å². The zero-order valence-electron chi connectivity index (χ0n) is 6.85. The van der Waals surface area contributed by atoms with Crippen LogP contribution in [0.3, 0.4) is 0 Å². The molecule has 0 N–H and O–H groups in total. The molecule has 1 saturated carbocycles. The number of hydrogen-bond acceptors (Lipinski definition) is 0. The molecule has 0 saturated heterocycles. The van der Waals surface area contributed by atoms with E-state index in [0.717, 1.165) is 27.0 Å². The van der Waals surface area contributed by atoms with Crippen molar-refractivity contribution in [3.8, 4) is 0 Å². The minimum absolute atomic E-state index is 0.235. The van der Waals surface area contributed by atoms with Gasteiger partial charge in [-0.3, -0.25) is 0 Å². The van der Waals surface area contributed by atoms with E-state index in [1.807, 2.05) is 18.2 Å². The second-order valence-corrected chi connectivity index (χ2v) is 4.73. The Morgan fingerprint density at radius 1 is 1.46 bits per heavy atom. The first-order valence-corrected chi connectivity index (χ1v) is 5.48. The molecule has 1 aromatic rings. The molecule has 0 amide bonds. The number of rotatable bonds is 1. The van der Waals surface area contributed by atoms with Crippen molar-refractivity contribution in [1.29, 1.82) is 0 Å². The first-order valence-electron chi connectivity index (χ1n) is 4.03. The first-order chi connectivity index (χ1) is 6.19. The van der Waals surface area contributed by atoms with Crippen LogP contribution in [0, 0.1) is 10.1 Å². The van der Waals surface area contributed by atoms with E-state index in [1.54, 1.807) is 0 Å². The third-order valence-electron chi connectivity index (χ3n) is 2.39. The molecule has 0 bridgehead atoms. The van der Waals surface area contributed by atoms with Crippen LogP contribution in [0.15, 0.2) is 18.2 Å². The van der Waals surface area contributed by atoms with Crippen LogP contribution in [-0.4, -0.2) is 0 Å². The molecule has 0 atom stereocenters. The van der Waals surface area contributed by atoms with E-state index in [0.29, 0.717) is 0 Å². The van der Waals surface area contributed by atoms with E-state index in [1.165, 1.54) is 0 Å². The van der Waals surface area contributed by atoms with Gasteiger partial charge in [-0.1, -0.05) is 17.7 Å². The van der Waals surface area contributed by atoms with Gasteiger partial charge in [0.05, 0.1) is 10.6 Å². The Bertz CT molecular complexity index is 390. The third kappa shape index (κ3) is 1.44. The van der Waals surface area contributed by atoms with Gasteiger partial charge in [-0.05, 0) is 34.7 Å². The maximum absolute atomic E-state index is 7.15. The highest BCUT2D eigenvalue weighted by molar-refractivity contribution is 14.1. The van der Waals surface area contributed by atoms with Crippen molar-refractivity contribution in [2.45, 2.75) is 18.4 Å². The topological polar surface area (TPSA) is 4.36 Å². The molecule has 66 valence electrons. The number of nitrogens with zero attached hydrogens (tertiary/aromatic N) is 1. The van der Waals surface area contributed by atoms with Crippen molar-refractivity contribution in [2.75, 3.05) is 0 Å². The van der Waals surface area contributed by atoms with Crippen LogP contribution in [0.1, 0.15) is 18.4 Å². The Morgan fingerprint density at radius 3 is 2.69 bits per heavy atom. The largest absolute Gasteiger partial charge is 0.305 e. The molecule has 1 fully saturated rings. The highest BCUT2D eigenvalue weighted by Crippen LogP contribution is 2.51. The van der Waals surface area contributed by atoms with Crippen molar-refractivity contribution >= 4 is 34.2 Å². The average molecular weight is 304 g/mol. The maximum atomic E-state index is 7.15. The summed E-state index contributed by atoms with van der Waals surface area (Å²) in [5.74, 6) is 0. The molecule has 3 heteroatoms. The summed E-state index contributed by atoms with van der Waals surface area (Å²) >= 11 is 8.21. The summed E-state index contributed by atoms with van der Waals surface area (Å²) in [6.07, 6.45) is 1.96. The van der Waals surface area contributed by atoms with Gasteiger partial charge in [0, 0.05) is 16.4 Å². The quantitative estimate of drug-likeness (QED) is 0.548. The van der Waals surface area contributed by atoms with Crippen molar-refractivity contribution in [3.63, 3.8) is 0 Å². The fourth-order valence-electron chi connectivity index (χ4n) is 1.42. The van der Waals surface area contributed by atoms with Crippen LogP contribution in [-0.2, 0) is 5.54 Å². The Morgan fingerprint density at radius 2 is 2.15 bits per heavy atom. The lowest BCUT2D eigenvalue weighted by Crippen LogP contribution is -2.02. The lowest BCUT2D eigenvalue weighted by atomic mass is 10.1. The summed E-state index contributed by atoms with van der Waals surface area (Å²) in [5, 5.41) is 0.757. The summed E-state index contributed by atoms with van der Waals surface area (Å²) in [7, 11) is 0. The molecule has 0 unspecified atom stereocenters. The summed E-state index contributed by atoms with van der Waals surface area (Å²) in [6.45, 7) is 7.15. The van der Waals surface area contributed by atoms with E-state index in [4.69, 9.17) is 18.2 Å². The van der Waals surface area contributed by atoms with Crippen LogP contribution in [0.5, 0.6) is 0 Å². The van der Waals surface area contributed by atoms with E-state index in [9.17, 15) is 0 Å². The minimum Gasteiger partial charge on any atom is -0.305 e. The van der Waals surface area contributed by atoms with Gasteiger partial charge in [0.25, 0.3) is 5.54 Å². The van der Waals surface area contributed by atoms with Crippen LogP contribution in [0.2, 0.25) is 5.02 Å². The van der Waals surface area contributed by atoms with Gasteiger partial charge in [0.15, 0.2) is 0 Å². The molecule has 1 nitrogen and oxygen atoms in total. The van der Waals surface area contributed by atoms with E-state index >= 15 is 0 Å². The first kappa shape index (κ1) is 9.29. The minimum atomic E-state index is -0.235. The molecular weight excluding hydrogens is 296 g/mol. The molecule has 1 aromatic carbocycles. The van der Waals surface area contributed by atoms with Crippen molar-refractivity contribution < 1.29 is 0 Å². The number of halogens is 2. The predicted octanol–water partition coefficient (Wildman–Crippen LogP) is 3.85. The molecule has 0 aliphatic heterocycles. The summed E-state index contributed by atoms with van der Waals surface area (Å²) in [4.78, 5) is 3.69. The van der Waals surface area contributed by atoms with Crippen LogP contribution in [0.4, 0.5) is 0 Å². The van der Waals surface area contributed by atoms with Crippen molar-refractivity contribution in [1.82, 2.24) is 0 Å². The van der Waals surface area contributed by atoms with Gasteiger partial charge in [-0.15, -0.1) is 0 Å². The summed E-state index contributed by atoms with van der Waals surface area (Å²) in [5.41, 5.74) is 0.872. The maximum Gasteiger partial charge on any atom is 0.259 e. The SMILES string of the molecule is [C-]#[N+]C1(c2cccc(Cl)c2I)CC1. The zero-order chi connectivity index (χ0) is 9.47. The Hall–Kier alpha value is -0.270. The number of benzene rings is 1. The summed E-state index contributed by atoms with van der Waals surface area (Å²) < 4.78 is 1.04. The molecule has 0 aromatic heterocycles. The van der Waals surface area contributed by atoms with Gasteiger partial charge in [-0.2, -0.15) is 0 Å². The van der Waals surface area contributed by atoms with Crippen LogP contribution < -0.4 is 0 Å². The molecular formula is C10H7ClIN. The highest BCUT2D eigenvalue weighted by Gasteiger charge is 2.53. The second kappa shape index (κ2) is 3.14. The van der Waals surface area contributed by atoms with Gasteiger partial charge in [0.1, 0.15) is 0 Å². The smallest absolute Gasteiger partial charge is 0.259 e. The van der Waals surface area contributed by atoms with E-state index in [-0.39, 0.29) is 5.54 Å². The number of hydrogen-bond donors (Lipinski definition) is 0.